The van der Waals surface area contributed by atoms with Gasteiger partial charge in [-0.05, 0) is 24.3 Å². The molecule has 0 aromatic heterocycles. The monoisotopic (exact) mass is 458 g/mol. The highest BCUT2D eigenvalue weighted by Gasteiger charge is 2.49. The maximum absolute atomic E-state index is 12.6. The quantitative estimate of drug-likeness (QED) is 0.358. The molecule has 2 heterocycles. The maximum Gasteiger partial charge on any atom is 0.338 e. The van der Waals surface area contributed by atoms with Crippen molar-refractivity contribution in [2.24, 2.45) is 0 Å². The summed E-state index contributed by atoms with van der Waals surface area (Å²) in [6.45, 7) is 0.405. The van der Waals surface area contributed by atoms with Crippen molar-refractivity contribution >= 4 is 11.9 Å². The second-order valence-corrected chi connectivity index (χ2v) is 7.32. The molecule has 12 nitrogen and oxygen atoms in total. The molecule has 2 aliphatic heterocycles. The lowest BCUT2D eigenvalue weighted by Gasteiger charge is -2.43. The van der Waals surface area contributed by atoms with E-state index in [9.17, 15) is 30.0 Å². The van der Waals surface area contributed by atoms with Crippen LogP contribution in [-0.2, 0) is 28.5 Å². The first-order valence-electron chi connectivity index (χ1n) is 9.84. The van der Waals surface area contributed by atoms with Crippen molar-refractivity contribution in [1.82, 2.24) is 0 Å². The van der Waals surface area contributed by atoms with Crippen LogP contribution in [0.4, 0.5) is 0 Å². The Kier molecular flexibility index (Phi) is 8.00. The fraction of sp³-hybridized carbons (Fsp3) is 0.600. The van der Waals surface area contributed by atoms with Gasteiger partial charge in [-0.3, -0.25) is 4.79 Å². The number of carbonyl (C=O) groups is 2. The van der Waals surface area contributed by atoms with Gasteiger partial charge in [0.15, 0.2) is 24.8 Å². The van der Waals surface area contributed by atoms with E-state index in [4.69, 9.17) is 28.4 Å². The fourth-order valence-corrected chi connectivity index (χ4v) is 3.34. The van der Waals surface area contributed by atoms with E-state index in [-0.39, 0.29) is 18.8 Å². The number of hydrogen-bond acceptors (Lipinski definition) is 12. The lowest BCUT2D eigenvalue weighted by atomic mass is 10.0. The van der Waals surface area contributed by atoms with Crippen molar-refractivity contribution in [3.8, 4) is 5.75 Å². The lowest BCUT2D eigenvalue weighted by molar-refractivity contribution is -0.329. The molecule has 8 atom stereocenters. The molecule has 0 aliphatic carbocycles. The Balaban J connectivity index is 1.78. The number of aliphatic hydroxyl groups is 4. The summed E-state index contributed by atoms with van der Waals surface area (Å²) in [5.41, 5.74) is 0.135. The van der Waals surface area contributed by atoms with Crippen molar-refractivity contribution in [2.75, 3.05) is 20.3 Å². The minimum atomic E-state index is -1.59. The molecule has 0 spiro atoms. The molecule has 0 saturated carbocycles. The van der Waals surface area contributed by atoms with Gasteiger partial charge in [0.25, 0.3) is 0 Å². The zero-order valence-corrected chi connectivity index (χ0v) is 17.4. The van der Waals surface area contributed by atoms with Crippen LogP contribution in [0.2, 0.25) is 0 Å². The summed E-state index contributed by atoms with van der Waals surface area (Å²) >= 11 is 0. The Morgan fingerprint density at radius 2 is 1.56 bits per heavy atom. The van der Waals surface area contributed by atoms with Crippen LogP contribution in [0.3, 0.4) is 0 Å². The van der Waals surface area contributed by atoms with Gasteiger partial charge in [0, 0.05) is 6.92 Å². The lowest BCUT2D eigenvalue weighted by Crippen LogP contribution is -2.61. The van der Waals surface area contributed by atoms with Crippen molar-refractivity contribution in [2.45, 2.75) is 56.1 Å². The molecule has 12 heteroatoms. The molecule has 2 saturated heterocycles. The summed E-state index contributed by atoms with van der Waals surface area (Å²) in [5, 5.41) is 40.7. The molecule has 4 N–H and O–H groups in total. The average molecular weight is 458 g/mol. The number of hydrogen-bond donors (Lipinski definition) is 4. The second kappa shape index (κ2) is 10.5. The van der Waals surface area contributed by atoms with Gasteiger partial charge in [-0.15, -0.1) is 0 Å². The van der Waals surface area contributed by atoms with Gasteiger partial charge in [-0.2, -0.15) is 0 Å². The third-order valence-corrected chi connectivity index (χ3v) is 5.01. The molecule has 0 radical (unpaired) electrons. The van der Waals surface area contributed by atoms with E-state index in [1.807, 2.05) is 0 Å². The normalized spacial score (nSPS) is 35.1. The van der Waals surface area contributed by atoms with Gasteiger partial charge in [0.2, 0.25) is 0 Å². The second-order valence-electron chi connectivity index (χ2n) is 7.32. The standard InChI is InChI=1S/C20H26O12/c1-9(21)30-17-15(13(23)8-28-19(17)26)32-20-16(14(24)12(22)7-29-20)31-18(25)10-3-5-11(27-2)6-4-10/h3-6,12-17,19-20,22-24,26H,7-8H2,1-2H3/t12-,13-,14+,15-,16-,17+,19?,20+/m0/s1. The SMILES string of the molecule is COc1ccc(C(=O)O[C@@H]2[C@@H](O[C@H]3[C@@H](O)COC(O)[C@@H]3OC(C)=O)OC[C@H](O)[C@H]2O)cc1. The van der Waals surface area contributed by atoms with E-state index < -0.39 is 61.1 Å². The van der Waals surface area contributed by atoms with Crippen LogP contribution in [0.25, 0.3) is 0 Å². The topological polar surface area (TPSA) is 170 Å². The van der Waals surface area contributed by atoms with E-state index in [2.05, 4.69) is 0 Å². The highest BCUT2D eigenvalue weighted by atomic mass is 16.7. The van der Waals surface area contributed by atoms with Crippen LogP contribution in [0.15, 0.2) is 24.3 Å². The number of carbonyl (C=O) groups excluding carboxylic acids is 2. The summed E-state index contributed by atoms with van der Waals surface area (Å²) in [7, 11) is 1.47. The summed E-state index contributed by atoms with van der Waals surface area (Å²) < 4.78 is 31.4. The molecule has 32 heavy (non-hydrogen) atoms. The van der Waals surface area contributed by atoms with E-state index >= 15 is 0 Å². The molecule has 1 aromatic rings. The third kappa shape index (κ3) is 5.53. The third-order valence-electron chi connectivity index (χ3n) is 5.01. The Morgan fingerprint density at radius 1 is 0.906 bits per heavy atom. The molecule has 3 rings (SSSR count). The van der Waals surface area contributed by atoms with Crippen molar-refractivity contribution in [3.05, 3.63) is 29.8 Å². The molecular weight excluding hydrogens is 432 g/mol. The van der Waals surface area contributed by atoms with Crippen LogP contribution in [-0.4, -0.2) is 102 Å². The Bertz CT molecular complexity index is 783. The van der Waals surface area contributed by atoms with Crippen molar-refractivity contribution in [3.63, 3.8) is 0 Å². The highest BCUT2D eigenvalue weighted by Crippen LogP contribution is 2.27. The number of rotatable bonds is 6. The zero-order chi connectivity index (χ0) is 23.4. The van der Waals surface area contributed by atoms with E-state index in [1.54, 1.807) is 0 Å². The number of methoxy groups -OCH3 is 1. The van der Waals surface area contributed by atoms with Crippen LogP contribution in [0.5, 0.6) is 5.75 Å². The van der Waals surface area contributed by atoms with Crippen molar-refractivity contribution in [1.29, 1.82) is 0 Å². The average Bonchev–Trinajstić information content (AvgIpc) is 2.77. The predicted molar refractivity (Wildman–Crippen MR) is 102 cm³/mol. The number of esters is 2. The number of benzene rings is 1. The van der Waals surface area contributed by atoms with Gasteiger partial charge in [0.05, 0.1) is 25.9 Å². The molecule has 2 fully saturated rings. The summed E-state index contributed by atoms with van der Waals surface area (Å²) in [6, 6.07) is 5.96. The molecule has 1 aromatic carbocycles. The summed E-state index contributed by atoms with van der Waals surface area (Å²) in [6.07, 6.45) is -11.6. The van der Waals surface area contributed by atoms with Crippen LogP contribution >= 0.6 is 0 Å². The number of aliphatic hydroxyl groups excluding tert-OH is 4. The Morgan fingerprint density at radius 3 is 2.19 bits per heavy atom. The van der Waals surface area contributed by atoms with Gasteiger partial charge >= 0.3 is 11.9 Å². The molecule has 1 unspecified atom stereocenters. The fourth-order valence-electron chi connectivity index (χ4n) is 3.34. The van der Waals surface area contributed by atoms with E-state index in [0.717, 1.165) is 6.92 Å². The van der Waals surface area contributed by atoms with Crippen molar-refractivity contribution < 1.29 is 58.4 Å². The maximum atomic E-state index is 12.6. The first kappa shape index (κ1) is 24.3. The minimum absolute atomic E-state index is 0.135. The largest absolute Gasteiger partial charge is 0.497 e. The van der Waals surface area contributed by atoms with Crippen LogP contribution in [0, 0.1) is 0 Å². The van der Waals surface area contributed by atoms with Crippen LogP contribution in [0.1, 0.15) is 17.3 Å². The first-order chi connectivity index (χ1) is 15.2. The molecule has 0 bridgehead atoms. The predicted octanol–water partition coefficient (Wildman–Crippen LogP) is -1.67. The zero-order valence-electron chi connectivity index (χ0n) is 17.4. The summed E-state index contributed by atoms with van der Waals surface area (Å²) in [5.74, 6) is -1.09. The Labute approximate surface area is 183 Å². The highest BCUT2D eigenvalue weighted by molar-refractivity contribution is 5.89. The van der Waals surface area contributed by atoms with Crippen LogP contribution < -0.4 is 4.74 Å². The first-order valence-corrected chi connectivity index (χ1v) is 9.84. The molecule has 178 valence electrons. The van der Waals surface area contributed by atoms with Gasteiger partial charge < -0.3 is 48.8 Å². The smallest absolute Gasteiger partial charge is 0.338 e. The van der Waals surface area contributed by atoms with Gasteiger partial charge in [0.1, 0.15) is 30.2 Å². The van der Waals surface area contributed by atoms with E-state index in [1.165, 1.54) is 31.4 Å². The summed E-state index contributed by atoms with van der Waals surface area (Å²) in [4.78, 5) is 24.0. The minimum Gasteiger partial charge on any atom is -0.497 e. The Hall–Kier alpha value is -2.32. The van der Waals surface area contributed by atoms with Gasteiger partial charge in [-0.1, -0.05) is 0 Å². The molecule has 2 aliphatic rings. The van der Waals surface area contributed by atoms with E-state index in [0.29, 0.717) is 5.75 Å². The van der Waals surface area contributed by atoms with Gasteiger partial charge in [-0.25, -0.2) is 4.79 Å². The molecule has 0 amide bonds. The number of ether oxygens (including phenoxy) is 6. The molecular formula is C20H26O12.